The van der Waals surface area contributed by atoms with Crippen molar-refractivity contribution in [2.24, 2.45) is 0 Å². The van der Waals surface area contributed by atoms with Crippen LogP contribution in [0.25, 0.3) is 0 Å². The maximum atomic E-state index is 6.12. The van der Waals surface area contributed by atoms with Gasteiger partial charge in [0, 0.05) is 24.5 Å². The van der Waals surface area contributed by atoms with Gasteiger partial charge in [0.2, 0.25) is 0 Å². The van der Waals surface area contributed by atoms with Gasteiger partial charge in [-0.15, -0.1) is 0 Å². The van der Waals surface area contributed by atoms with Crippen molar-refractivity contribution in [3.63, 3.8) is 0 Å². The average Bonchev–Trinajstić information content (AvgIpc) is 2.36. The molecule has 1 aromatic heterocycles. The first-order valence-electron chi connectivity index (χ1n) is 5.55. The zero-order valence-corrected chi connectivity index (χ0v) is 11.2. The van der Waals surface area contributed by atoms with Gasteiger partial charge in [0.25, 0.3) is 5.88 Å². The van der Waals surface area contributed by atoms with Gasteiger partial charge in [-0.25, -0.2) is 9.97 Å². The number of hydrogen-bond acceptors (Lipinski definition) is 4. The lowest BCUT2D eigenvalue weighted by atomic mass is 10.1. The fraction of sp³-hybridized carbons (Fsp3) is 0.231. The highest BCUT2D eigenvalue weighted by Crippen LogP contribution is 2.30. The van der Waals surface area contributed by atoms with Crippen LogP contribution in [-0.4, -0.2) is 17.0 Å². The molecule has 0 bridgehead atoms. The van der Waals surface area contributed by atoms with Crippen LogP contribution >= 0.6 is 11.6 Å². The summed E-state index contributed by atoms with van der Waals surface area (Å²) in [6, 6.07) is 3.76. The predicted molar refractivity (Wildman–Crippen MR) is 72.6 cm³/mol. The van der Waals surface area contributed by atoms with Crippen molar-refractivity contribution in [2.75, 3.05) is 12.4 Å². The summed E-state index contributed by atoms with van der Waals surface area (Å²) in [6.45, 7) is 3.88. The molecule has 2 rings (SSSR count). The smallest absolute Gasteiger partial charge is 0.262 e. The quantitative estimate of drug-likeness (QED) is 0.919. The molecule has 0 aliphatic heterocycles. The Bertz CT molecular complexity index is 549. The predicted octanol–water partition coefficient (Wildman–Crippen LogP) is 3.58. The third kappa shape index (κ3) is 2.54. The van der Waals surface area contributed by atoms with E-state index >= 15 is 0 Å². The lowest BCUT2D eigenvalue weighted by Crippen LogP contribution is -1.98. The first-order chi connectivity index (χ1) is 8.61. The minimum Gasteiger partial charge on any atom is -0.436 e. The van der Waals surface area contributed by atoms with Crippen LogP contribution in [0.2, 0.25) is 5.02 Å². The van der Waals surface area contributed by atoms with Crippen LogP contribution in [0.1, 0.15) is 11.1 Å². The molecule has 1 N–H and O–H groups in total. The fourth-order valence-electron chi connectivity index (χ4n) is 1.65. The van der Waals surface area contributed by atoms with E-state index in [0.29, 0.717) is 17.4 Å². The van der Waals surface area contributed by atoms with Crippen LogP contribution in [0.15, 0.2) is 24.5 Å². The highest BCUT2D eigenvalue weighted by atomic mass is 35.5. The zero-order chi connectivity index (χ0) is 13.1. The molecule has 0 aliphatic rings. The number of halogens is 1. The number of aromatic nitrogens is 2. The largest absolute Gasteiger partial charge is 0.436 e. The van der Waals surface area contributed by atoms with E-state index in [9.17, 15) is 0 Å². The van der Waals surface area contributed by atoms with Gasteiger partial charge < -0.3 is 10.1 Å². The van der Waals surface area contributed by atoms with Crippen molar-refractivity contribution in [3.8, 4) is 11.6 Å². The number of ether oxygens (including phenoxy) is 1. The Morgan fingerprint density at radius 1 is 1.11 bits per heavy atom. The summed E-state index contributed by atoms with van der Waals surface area (Å²) in [4.78, 5) is 8.28. The summed E-state index contributed by atoms with van der Waals surface area (Å²) in [7, 11) is 1.77. The Kier molecular flexibility index (Phi) is 3.67. The van der Waals surface area contributed by atoms with Gasteiger partial charge in [-0.2, -0.15) is 0 Å². The van der Waals surface area contributed by atoms with E-state index in [1.165, 1.54) is 0 Å². The van der Waals surface area contributed by atoms with E-state index in [0.717, 1.165) is 16.1 Å². The molecule has 94 valence electrons. The first-order valence-corrected chi connectivity index (χ1v) is 5.93. The Morgan fingerprint density at radius 2 is 1.72 bits per heavy atom. The monoisotopic (exact) mass is 263 g/mol. The Hall–Kier alpha value is -1.81. The minimum absolute atomic E-state index is 0.445. The zero-order valence-electron chi connectivity index (χ0n) is 10.5. The highest BCUT2D eigenvalue weighted by Gasteiger charge is 2.08. The highest BCUT2D eigenvalue weighted by molar-refractivity contribution is 6.32. The van der Waals surface area contributed by atoms with Crippen molar-refractivity contribution >= 4 is 17.4 Å². The molecule has 0 spiro atoms. The van der Waals surface area contributed by atoms with Gasteiger partial charge in [-0.05, 0) is 37.1 Å². The van der Waals surface area contributed by atoms with E-state index in [4.69, 9.17) is 16.3 Å². The minimum atomic E-state index is 0.445. The van der Waals surface area contributed by atoms with Gasteiger partial charge in [-0.3, -0.25) is 0 Å². The number of rotatable bonds is 3. The van der Waals surface area contributed by atoms with Gasteiger partial charge in [0.1, 0.15) is 5.75 Å². The summed E-state index contributed by atoms with van der Waals surface area (Å²) in [5.41, 5.74) is 1.95. The van der Waals surface area contributed by atoms with E-state index in [2.05, 4.69) is 15.3 Å². The second kappa shape index (κ2) is 5.23. The second-order valence-corrected chi connectivity index (χ2v) is 4.31. The summed E-state index contributed by atoms with van der Waals surface area (Å²) < 4.78 is 5.72. The molecule has 18 heavy (non-hydrogen) atoms. The number of nitrogens with zero attached hydrogens (tertiary/aromatic N) is 2. The maximum Gasteiger partial charge on any atom is 0.262 e. The van der Waals surface area contributed by atoms with Gasteiger partial charge in [0.05, 0.1) is 0 Å². The van der Waals surface area contributed by atoms with E-state index in [1.54, 1.807) is 19.4 Å². The van der Waals surface area contributed by atoms with Crippen LogP contribution in [0.5, 0.6) is 11.6 Å². The lowest BCUT2D eigenvalue weighted by Gasteiger charge is -2.10. The molecule has 5 heteroatoms. The molecule has 1 aromatic carbocycles. The van der Waals surface area contributed by atoms with Crippen LogP contribution in [0.3, 0.4) is 0 Å². The number of nitrogens with one attached hydrogen (secondary N) is 1. The van der Waals surface area contributed by atoms with Crippen molar-refractivity contribution in [1.29, 1.82) is 0 Å². The molecule has 0 fully saturated rings. The van der Waals surface area contributed by atoms with E-state index in [1.807, 2.05) is 26.0 Å². The molecule has 0 saturated heterocycles. The molecule has 4 nitrogen and oxygen atoms in total. The molecule has 0 radical (unpaired) electrons. The molecule has 0 atom stereocenters. The average molecular weight is 264 g/mol. The number of anilines is 1. The molecule has 0 unspecified atom stereocenters. The fourth-order valence-corrected chi connectivity index (χ4v) is 1.76. The van der Waals surface area contributed by atoms with Crippen molar-refractivity contribution in [2.45, 2.75) is 13.8 Å². The number of benzene rings is 1. The summed E-state index contributed by atoms with van der Waals surface area (Å²) in [5, 5.41) is 3.69. The molecule has 0 amide bonds. The standard InChI is InChI=1S/C13H14ClN3O/c1-8-6-10(7-9(2)11(8)14)18-13-12(15-3)16-4-5-17-13/h4-7H,1-3H3,(H,15,16). The van der Waals surface area contributed by atoms with Gasteiger partial charge in [0.15, 0.2) is 5.82 Å². The van der Waals surface area contributed by atoms with Crippen molar-refractivity contribution < 1.29 is 4.74 Å². The molecule has 0 aliphatic carbocycles. The maximum absolute atomic E-state index is 6.12. The number of hydrogen-bond donors (Lipinski definition) is 1. The van der Waals surface area contributed by atoms with Crippen LogP contribution in [0, 0.1) is 13.8 Å². The molecular formula is C13H14ClN3O. The third-order valence-electron chi connectivity index (χ3n) is 2.53. The normalized spacial score (nSPS) is 10.2. The third-order valence-corrected chi connectivity index (χ3v) is 3.12. The van der Waals surface area contributed by atoms with E-state index < -0.39 is 0 Å². The van der Waals surface area contributed by atoms with E-state index in [-0.39, 0.29) is 0 Å². The van der Waals surface area contributed by atoms with Crippen molar-refractivity contribution in [1.82, 2.24) is 9.97 Å². The number of aryl methyl sites for hydroxylation is 2. The lowest BCUT2D eigenvalue weighted by molar-refractivity contribution is 0.462. The van der Waals surface area contributed by atoms with Crippen LogP contribution < -0.4 is 10.1 Å². The Morgan fingerprint density at radius 3 is 2.33 bits per heavy atom. The summed E-state index contributed by atoms with van der Waals surface area (Å²) in [5.74, 6) is 1.75. The molecular weight excluding hydrogens is 250 g/mol. The summed E-state index contributed by atoms with van der Waals surface area (Å²) in [6.07, 6.45) is 3.20. The molecule has 2 aromatic rings. The Balaban J connectivity index is 2.34. The van der Waals surface area contributed by atoms with Crippen LogP contribution in [-0.2, 0) is 0 Å². The SMILES string of the molecule is CNc1nccnc1Oc1cc(C)c(Cl)c(C)c1. The van der Waals surface area contributed by atoms with Crippen molar-refractivity contribution in [3.05, 3.63) is 40.7 Å². The molecule has 0 saturated carbocycles. The topological polar surface area (TPSA) is 47.0 Å². The van der Waals surface area contributed by atoms with Gasteiger partial charge >= 0.3 is 0 Å². The van der Waals surface area contributed by atoms with Gasteiger partial charge in [-0.1, -0.05) is 11.6 Å². The second-order valence-electron chi connectivity index (χ2n) is 3.93. The summed E-state index contributed by atoms with van der Waals surface area (Å²) >= 11 is 6.12. The first kappa shape index (κ1) is 12.6. The molecule has 1 heterocycles. The van der Waals surface area contributed by atoms with Crippen LogP contribution in [0.4, 0.5) is 5.82 Å². The Labute approximate surface area is 111 Å².